The molecule has 2 heterocycles. The summed E-state index contributed by atoms with van der Waals surface area (Å²) in [4.78, 5) is 21.2. The van der Waals surface area contributed by atoms with Crippen LogP contribution in [0, 0.1) is 5.92 Å². The molecule has 4 atom stereocenters. The SMILES string of the molecule is CNS(=O)(=O)O[C@@H]1C[C@@H](Nc2ncncc2C(=O)c2ccn(CC3CCCCC3)n2)[C@H](O)[C@H]1O. The molecule has 2 fully saturated rings. The van der Waals surface area contributed by atoms with Crippen molar-refractivity contribution in [3.05, 3.63) is 36.0 Å². The molecule has 0 amide bonds. The van der Waals surface area contributed by atoms with Gasteiger partial charge in [0.2, 0.25) is 5.78 Å². The van der Waals surface area contributed by atoms with Crippen molar-refractivity contribution in [2.45, 2.75) is 69.4 Å². The maximum Gasteiger partial charge on any atom is 0.335 e. The first-order valence-electron chi connectivity index (χ1n) is 11.4. The average molecular weight is 495 g/mol. The Morgan fingerprint density at radius 2 is 2.00 bits per heavy atom. The number of nitrogens with one attached hydrogen (secondary N) is 2. The molecule has 34 heavy (non-hydrogen) atoms. The van der Waals surface area contributed by atoms with Gasteiger partial charge in [0.05, 0.1) is 11.6 Å². The first-order valence-corrected chi connectivity index (χ1v) is 12.8. The van der Waals surface area contributed by atoms with Crippen LogP contribution in [0.2, 0.25) is 0 Å². The van der Waals surface area contributed by atoms with Crippen LogP contribution in [-0.2, 0) is 21.0 Å². The summed E-state index contributed by atoms with van der Waals surface area (Å²) in [6, 6.07) is 0.847. The van der Waals surface area contributed by atoms with Crippen LogP contribution in [0.25, 0.3) is 0 Å². The van der Waals surface area contributed by atoms with Gasteiger partial charge in [0.1, 0.15) is 36.2 Å². The van der Waals surface area contributed by atoms with Crippen molar-refractivity contribution < 1.29 is 27.6 Å². The summed E-state index contributed by atoms with van der Waals surface area (Å²) >= 11 is 0. The summed E-state index contributed by atoms with van der Waals surface area (Å²) in [5.74, 6) is 0.324. The van der Waals surface area contributed by atoms with E-state index in [9.17, 15) is 23.4 Å². The van der Waals surface area contributed by atoms with E-state index in [2.05, 4.69) is 20.4 Å². The highest BCUT2D eigenvalue weighted by molar-refractivity contribution is 7.84. The molecule has 2 aromatic heterocycles. The smallest absolute Gasteiger partial charge is 0.335 e. The van der Waals surface area contributed by atoms with E-state index in [-0.39, 0.29) is 29.3 Å². The number of carbonyl (C=O) groups excluding carboxylic acids is 1. The van der Waals surface area contributed by atoms with E-state index < -0.39 is 34.7 Å². The first kappa shape index (κ1) is 24.7. The number of hydrogen-bond acceptors (Lipinski definition) is 10. The Morgan fingerprint density at radius 3 is 2.74 bits per heavy atom. The van der Waals surface area contributed by atoms with E-state index in [1.165, 1.54) is 51.7 Å². The standard InChI is InChI=1S/C21H30N6O6S/c1-22-34(31,32)33-17-9-16(19(29)20(17)30)25-21-14(10-23-12-24-21)18(28)15-7-8-27(26-15)11-13-5-3-2-4-6-13/h7-8,10,12-13,16-17,19-20,22,29-30H,2-6,9,11H2,1H3,(H,23,24,25)/t16-,17-,19+,20+/m1/s1. The van der Waals surface area contributed by atoms with E-state index in [4.69, 9.17) is 4.18 Å². The summed E-state index contributed by atoms with van der Waals surface area (Å²) in [5.41, 5.74) is 0.404. The minimum Gasteiger partial charge on any atom is -0.388 e. The van der Waals surface area contributed by atoms with E-state index >= 15 is 0 Å². The zero-order valence-corrected chi connectivity index (χ0v) is 19.7. The predicted molar refractivity (Wildman–Crippen MR) is 121 cm³/mol. The number of nitrogens with zero attached hydrogens (tertiary/aromatic N) is 4. The van der Waals surface area contributed by atoms with E-state index in [0.29, 0.717) is 5.92 Å². The largest absolute Gasteiger partial charge is 0.388 e. The minimum absolute atomic E-state index is 0.0309. The van der Waals surface area contributed by atoms with Crippen molar-refractivity contribution in [2.75, 3.05) is 12.4 Å². The van der Waals surface area contributed by atoms with Crippen LogP contribution in [-0.4, -0.2) is 75.6 Å². The van der Waals surface area contributed by atoms with Gasteiger partial charge in [-0.2, -0.15) is 18.2 Å². The molecule has 0 unspecified atom stereocenters. The molecule has 2 aliphatic rings. The Morgan fingerprint density at radius 1 is 1.24 bits per heavy atom. The summed E-state index contributed by atoms with van der Waals surface area (Å²) in [7, 11) is -2.88. The molecule has 0 radical (unpaired) electrons. The van der Waals surface area contributed by atoms with Gasteiger partial charge in [0, 0.05) is 32.4 Å². The highest BCUT2D eigenvalue weighted by Gasteiger charge is 2.44. The van der Waals surface area contributed by atoms with E-state index in [1.807, 2.05) is 4.72 Å². The van der Waals surface area contributed by atoms with Gasteiger partial charge >= 0.3 is 10.3 Å². The highest BCUT2D eigenvalue weighted by atomic mass is 32.2. The number of aliphatic hydroxyl groups is 2. The Hall–Kier alpha value is -2.45. The second kappa shape index (κ2) is 10.4. The molecular weight excluding hydrogens is 464 g/mol. The third-order valence-electron chi connectivity index (χ3n) is 6.45. The van der Waals surface area contributed by atoms with E-state index in [1.54, 1.807) is 16.9 Å². The summed E-state index contributed by atoms with van der Waals surface area (Å²) in [6.07, 6.45) is 6.46. The van der Waals surface area contributed by atoms with Gasteiger partial charge in [-0.25, -0.2) is 9.97 Å². The normalized spacial score (nSPS) is 26.0. The maximum atomic E-state index is 13.2. The number of aliphatic hydroxyl groups excluding tert-OH is 2. The molecular formula is C21H30N6O6S. The number of ketones is 1. The molecule has 0 spiro atoms. The maximum absolute atomic E-state index is 13.2. The van der Waals surface area contributed by atoms with Crippen LogP contribution in [0.4, 0.5) is 5.82 Å². The lowest BCUT2D eigenvalue weighted by atomic mass is 9.89. The van der Waals surface area contributed by atoms with Crippen molar-refractivity contribution >= 4 is 21.9 Å². The molecule has 0 aliphatic heterocycles. The van der Waals surface area contributed by atoms with Crippen LogP contribution in [0.5, 0.6) is 0 Å². The molecule has 12 nitrogen and oxygen atoms in total. The van der Waals surface area contributed by atoms with Gasteiger partial charge in [-0.1, -0.05) is 19.3 Å². The molecule has 2 aliphatic carbocycles. The monoisotopic (exact) mass is 494 g/mol. The van der Waals surface area contributed by atoms with Crippen molar-refractivity contribution in [2.24, 2.45) is 5.92 Å². The molecule has 0 aromatic carbocycles. The molecule has 4 rings (SSSR count). The molecule has 13 heteroatoms. The van der Waals surface area contributed by atoms with Crippen LogP contribution in [0.1, 0.15) is 54.6 Å². The number of aromatic nitrogens is 4. The molecule has 0 bridgehead atoms. The number of carbonyl (C=O) groups is 1. The van der Waals surface area contributed by atoms with Crippen molar-refractivity contribution in [3.63, 3.8) is 0 Å². The van der Waals surface area contributed by atoms with Crippen LogP contribution < -0.4 is 10.0 Å². The number of anilines is 1. The Balaban J connectivity index is 1.46. The Kier molecular flexibility index (Phi) is 7.57. The molecule has 2 saturated carbocycles. The summed E-state index contributed by atoms with van der Waals surface area (Å²) < 4.78 is 32.1. The van der Waals surface area contributed by atoms with Gasteiger partial charge < -0.3 is 15.5 Å². The number of rotatable bonds is 9. The summed E-state index contributed by atoms with van der Waals surface area (Å²) in [6.45, 7) is 0.771. The fraction of sp³-hybridized carbons (Fsp3) is 0.619. The average Bonchev–Trinajstić information content (AvgIpc) is 3.40. The van der Waals surface area contributed by atoms with Gasteiger partial charge in [-0.05, 0) is 24.8 Å². The third kappa shape index (κ3) is 5.61. The Bertz CT molecular complexity index is 1100. The fourth-order valence-corrected chi connectivity index (χ4v) is 5.20. The highest BCUT2D eigenvalue weighted by Crippen LogP contribution is 2.29. The zero-order valence-electron chi connectivity index (χ0n) is 18.9. The van der Waals surface area contributed by atoms with Crippen LogP contribution in [0.15, 0.2) is 24.8 Å². The number of hydrogen-bond donors (Lipinski definition) is 4. The lowest BCUT2D eigenvalue weighted by Gasteiger charge is -2.21. The first-order chi connectivity index (χ1) is 16.3. The van der Waals surface area contributed by atoms with Gasteiger partial charge in [0.15, 0.2) is 0 Å². The predicted octanol–water partition coefficient (Wildman–Crippen LogP) is 0.240. The van der Waals surface area contributed by atoms with Crippen molar-refractivity contribution in [1.82, 2.24) is 24.5 Å². The van der Waals surface area contributed by atoms with Crippen molar-refractivity contribution in [3.8, 4) is 0 Å². The minimum atomic E-state index is -4.06. The molecule has 2 aromatic rings. The third-order valence-corrected chi connectivity index (χ3v) is 7.45. The fourth-order valence-electron chi connectivity index (χ4n) is 4.58. The second-order valence-corrected chi connectivity index (χ2v) is 10.3. The molecule has 186 valence electrons. The van der Waals surface area contributed by atoms with Crippen LogP contribution in [0.3, 0.4) is 0 Å². The quantitative estimate of drug-likeness (QED) is 0.354. The topological polar surface area (TPSA) is 169 Å². The van der Waals surface area contributed by atoms with Gasteiger partial charge in [-0.3, -0.25) is 13.7 Å². The molecule has 0 saturated heterocycles. The van der Waals surface area contributed by atoms with Crippen molar-refractivity contribution in [1.29, 1.82) is 0 Å². The summed E-state index contributed by atoms with van der Waals surface area (Å²) in [5, 5.41) is 28.0. The van der Waals surface area contributed by atoms with Crippen LogP contribution >= 0.6 is 0 Å². The van der Waals surface area contributed by atoms with Gasteiger partial charge in [-0.15, -0.1) is 0 Å². The van der Waals surface area contributed by atoms with Gasteiger partial charge in [0.25, 0.3) is 0 Å². The lowest BCUT2D eigenvalue weighted by molar-refractivity contribution is -0.00882. The Labute approximate surface area is 198 Å². The second-order valence-electron chi connectivity index (χ2n) is 8.80. The zero-order chi connectivity index (χ0) is 24.3. The lowest BCUT2D eigenvalue weighted by Crippen LogP contribution is -2.38. The van der Waals surface area contributed by atoms with E-state index in [0.717, 1.165) is 6.54 Å². The molecule has 4 N–H and O–H groups in total.